The van der Waals surface area contributed by atoms with E-state index < -0.39 is 0 Å². The van der Waals surface area contributed by atoms with E-state index in [1.807, 2.05) is 0 Å². The maximum Gasteiger partial charge on any atom is 0.118 e. The van der Waals surface area contributed by atoms with Crippen molar-refractivity contribution >= 4 is 0 Å². The third-order valence-electron chi connectivity index (χ3n) is 5.54. The van der Waals surface area contributed by atoms with Crippen LogP contribution < -0.4 is 0 Å². The van der Waals surface area contributed by atoms with Gasteiger partial charge in [-0.1, -0.05) is 26.0 Å². The van der Waals surface area contributed by atoms with E-state index in [0.29, 0.717) is 11.5 Å². The van der Waals surface area contributed by atoms with Crippen LogP contribution in [0.4, 0.5) is 0 Å². The van der Waals surface area contributed by atoms with Crippen LogP contribution in [-0.4, -0.2) is 23.4 Å². The molecule has 2 saturated carbocycles. The Hall–Kier alpha value is -0.340. The molecule has 0 aromatic carbocycles. The van der Waals surface area contributed by atoms with E-state index in [4.69, 9.17) is 4.74 Å². The first-order valence-electron chi connectivity index (χ1n) is 6.95. The highest BCUT2D eigenvalue weighted by Crippen LogP contribution is 2.59. The number of rotatable bonds is 1. The van der Waals surface area contributed by atoms with Gasteiger partial charge in [-0.3, -0.25) is 0 Å². The Labute approximate surface area is 104 Å². The lowest BCUT2D eigenvalue weighted by Gasteiger charge is -2.53. The quantitative estimate of drug-likeness (QED) is 0.561. The summed E-state index contributed by atoms with van der Waals surface area (Å²) in [5, 5.41) is 9.52. The number of ether oxygens (including phenoxy) is 1. The van der Waals surface area contributed by atoms with Crippen molar-refractivity contribution in [2.24, 2.45) is 17.3 Å². The van der Waals surface area contributed by atoms with Crippen molar-refractivity contribution in [1.82, 2.24) is 0 Å². The van der Waals surface area contributed by atoms with Crippen molar-refractivity contribution in [1.29, 1.82) is 0 Å². The lowest BCUT2D eigenvalue weighted by Crippen LogP contribution is -2.45. The maximum atomic E-state index is 9.52. The van der Waals surface area contributed by atoms with Crippen LogP contribution in [0.1, 0.15) is 46.0 Å². The number of aliphatic hydroxyl groups is 1. The van der Waals surface area contributed by atoms with Gasteiger partial charge in [-0.15, -0.1) is 0 Å². The molecule has 2 heteroatoms. The molecule has 96 valence electrons. The molecule has 2 aliphatic carbocycles. The van der Waals surface area contributed by atoms with Gasteiger partial charge >= 0.3 is 0 Å². The zero-order chi connectivity index (χ0) is 12.3. The summed E-state index contributed by atoms with van der Waals surface area (Å²) in [5.74, 6) is 1.49. The Morgan fingerprint density at radius 1 is 1.41 bits per heavy atom. The van der Waals surface area contributed by atoms with Crippen molar-refractivity contribution < 1.29 is 9.84 Å². The van der Waals surface area contributed by atoms with Gasteiger partial charge in [0.1, 0.15) is 5.60 Å². The molecular weight excluding hydrogens is 212 g/mol. The molecule has 0 spiro atoms. The number of allylic oxidation sites excluding steroid dienone is 1. The molecule has 3 aliphatic rings. The van der Waals surface area contributed by atoms with Crippen LogP contribution in [0.5, 0.6) is 0 Å². The fourth-order valence-electron chi connectivity index (χ4n) is 4.18. The first-order valence-corrected chi connectivity index (χ1v) is 6.95. The van der Waals surface area contributed by atoms with Crippen LogP contribution in [0.25, 0.3) is 0 Å². The number of fused-ring (bicyclic) bond motifs is 2. The van der Waals surface area contributed by atoms with Gasteiger partial charge in [-0.2, -0.15) is 0 Å². The summed E-state index contributed by atoms with van der Waals surface area (Å²) in [5.41, 5.74) is 1.71. The number of hydrogen-bond acceptors (Lipinski definition) is 2. The fraction of sp³-hybridized carbons (Fsp3) is 0.867. The maximum absolute atomic E-state index is 9.52. The average molecular weight is 236 g/mol. The van der Waals surface area contributed by atoms with Gasteiger partial charge < -0.3 is 9.84 Å². The van der Waals surface area contributed by atoms with Gasteiger partial charge in [0, 0.05) is 0 Å². The van der Waals surface area contributed by atoms with Gasteiger partial charge in [0.05, 0.1) is 12.7 Å². The average Bonchev–Trinajstić information content (AvgIpc) is 2.96. The fourth-order valence-corrected chi connectivity index (χ4v) is 4.18. The molecule has 1 heterocycles. The van der Waals surface area contributed by atoms with Gasteiger partial charge in [0.15, 0.2) is 0 Å². The smallest absolute Gasteiger partial charge is 0.118 e. The highest BCUT2D eigenvalue weighted by atomic mass is 16.6. The Bertz CT molecular complexity index is 347. The van der Waals surface area contributed by atoms with Gasteiger partial charge in [0.2, 0.25) is 0 Å². The van der Waals surface area contributed by atoms with Crippen LogP contribution in [0.3, 0.4) is 0 Å². The van der Waals surface area contributed by atoms with Crippen molar-refractivity contribution in [3.8, 4) is 0 Å². The molecule has 17 heavy (non-hydrogen) atoms. The predicted molar refractivity (Wildman–Crippen MR) is 67.7 cm³/mol. The molecule has 1 aliphatic heterocycles. The zero-order valence-electron chi connectivity index (χ0n) is 11.0. The van der Waals surface area contributed by atoms with E-state index in [-0.39, 0.29) is 12.2 Å². The Balaban J connectivity index is 1.77. The lowest BCUT2D eigenvalue weighted by atomic mass is 9.52. The highest BCUT2D eigenvalue weighted by molar-refractivity contribution is 5.16. The van der Waals surface area contributed by atoms with Crippen LogP contribution in [0, 0.1) is 17.3 Å². The van der Waals surface area contributed by atoms with Gasteiger partial charge in [-0.25, -0.2) is 0 Å². The van der Waals surface area contributed by atoms with Gasteiger partial charge in [-0.05, 0) is 49.4 Å². The minimum atomic E-state index is -0.180. The second-order valence-electron chi connectivity index (χ2n) is 6.97. The van der Waals surface area contributed by atoms with Crippen molar-refractivity contribution in [3.63, 3.8) is 0 Å². The Morgan fingerprint density at radius 2 is 2.18 bits per heavy atom. The zero-order valence-corrected chi connectivity index (χ0v) is 11.0. The Morgan fingerprint density at radius 3 is 2.82 bits per heavy atom. The summed E-state index contributed by atoms with van der Waals surface area (Å²) in [7, 11) is 0. The topological polar surface area (TPSA) is 32.8 Å². The summed E-state index contributed by atoms with van der Waals surface area (Å²) < 4.78 is 5.76. The van der Waals surface area contributed by atoms with Crippen LogP contribution in [0.15, 0.2) is 12.2 Å². The molecule has 3 fully saturated rings. The minimum absolute atomic E-state index is 0.180. The molecular formula is C15H24O2. The molecule has 0 aromatic rings. The predicted octanol–water partition coefficient (Wildman–Crippen LogP) is 2.91. The van der Waals surface area contributed by atoms with Crippen LogP contribution in [0.2, 0.25) is 0 Å². The SMILES string of the molecule is C=C1CCC2OC2(CO)CCC2C1CC2(C)C. The first kappa shape index (κ1) is 11.7. The molecule has 0 bridgehead atoms. The summed E-state index contributed by atoms with van der Waals surface area (Å²) in [4.78, 5) is 0. The molecule has 4 atom stereocenters. The number of epoxide rings is 1. The van der Waals surface area contributed by atoms with E-state index in [2.05, 4.69) is 20.4 Å². The molecule has 0 amide bonds. The minimum Gasteiger partial charge on any atom is -0.393 e. The summed E-state index contributed by atoms with van der Waals surface area (Å²) in [6, 6.07) is 0. The molecule has 1 saturated heterocycles. The molecule has 4 unspecified atom stereocenters. The van der Waals surface area contributed by atoms with Crippen molar-refractivity contribution in [2.75, 3.05) is 6.61 Å². The molecule has 0 aromatic heterocycles. The largest absolute Gasteiger partial charge is 0.393 e. The van der Waals surface area contributed by atoms with Crippen molar-refractivity contribution in [3.05, 3.63) is 12.2 Å². The van der Waals surface area contributed by atoms with E-state index in [1.54, 1.807) is 0 Å². The second kappa shape index (κ2) is 3.58. The summed E-state index contributed by atoms with van der Waals surface area (Å²) in [6.07, 6.45) is 5.96. The van der Waals surface area contributed by atoms with E-state index >= 15 is 0 Å². The van der Waals surface area contributed by atoms with Crippen LogP contribution in [-0.2, 0) is 4.74 Å². The molecule has 2 nitrogen and oxygen atoms in total. The molecule has 0 radical (unpaired) electrons. The first-order chi connectivity index (χ1) is 7.98. The summed E-state index contributed by atoms with van der Waals surface area (Å²) >= 11 is 0. The molecule has 1 N–H and O–H groups in total. The number of hydrogen-bond donors (Lipinski definition) is 1. The van der Waals surface area contributed by atoms with Gasteiger partial charge in [0.25, 0.3) is 0 Å². The highest BCUT2D eigenvalue weighted by Gasteiger charge is 2.58. The lowest BCUT2D eigenvalue weighted by molar-refractivity contribution is -0.00507. The van der Waals surface area contributed by atoms with Crippen LogP contribution >= 0.6 is 0 Å². The third-order valence-corrected chi connectivity index (χ3v) is 5.54. The number of aliphatic hydroxyl groups excluding tert-OH is 1. The summed E-state index contributed by atoms with van der Waals surface area (Å²) in [6.45, 7) is 9.23. The monoisotopic (exact) mass is 236 g/mol. The Kier molecular flexibility index (Phi) is 2.47. The van der Waals surface area contributed by atoms with E-state index in [1.165, 1.54) is 18.4 Å². The van der Waals surface area contributed by atoms with Crippen molar-refractivity contribution in [2.45, 2.75) is 57.7 Å². The van der Waals surface area contributed by atoms with E-state index in [9.17, 15) is 5.11 Å². The third kappa shape index (κ3) is 1.68. The standard InChI is InChI=1S/C15H24O2/c1-10-4-5-13-15(9-16,17-13)7-6-12-11(10)8-14(12,2)3/h11-13,16H,1,4-9H2,2-3H3. The normalized spacial score (nSPS) is 47.9. The molecule has 3 rings (SSSR count). The van der Waals surface area contributed by atoms with E-state index in [0.717, 1.165) is 31.1 Å². The second-order valence-corrected chi connectivity index (χ2v) is 6.97.